The van der Waals surface area contributed by atoms with E-state index in [4.69, 9.17) is 4.42 Å². The van der Waals surface area contributed by atoms with Gasteiger partial charge in [0, 0.05) is 47.7 Å². The molecule has 0 aliphatic carbocycles. The van der Waals surface area contributed by atoms with Gasteiger partial charge in [0.15, 0.2) is 0 Å². The fourth-order valence-corrected chi connectivity index (χ4v) is 3.96. The fourth-order valence-electron chi connectivity index (χ4n) is 2.83. The second-order valence-corrected chi connectivity index (χ2v) is 7.11. The van der Waals surface area contributed by atoms with Gasteiger partial charge in [-0.05, 0) is 13.0 Å². The molecular formula is C17H16N2O6S. The van der Waals surface area contributed by atoms with Crippen LogP contribution in [0.15, 0.2) is 38.5 Å². The third-order valence-electron chi connectivity index (χ3n) is 4.00. The molecule has 1 aliphatic heterocycles. The Balaban J connectivity index is 2.01. The minimum atomic E-state index is -0.685. The van der Waals surface area contributed by atoms with Crippen molar-refractivity contribution in [1.29, 1.82) is 0 Å². The maximum atomic E-state index is 12.2. The number of nitrogens with zero attached hydrogens (tertiary/aromatic N) is 2. The molecule has 2 heterocycles. The Kier molecular flexibility index (Phi) is 4.99. The smallest absolute Gasteiger partial charge is 0.348 e. The van der Waals surface area contributed by atoms with Crippen LogP contribution in [0, 0.1) is 17.0 Å². The number of phenolic OH excluding ortho intramolecular Hbond substituents is 1. The minimum Gasteiger partial charge on any atom is -0.508 e. The predicted octanol–water partition coefficient (Wildman–Crippen LogP) is 2.93. The summed E-state index contributed by atoms with van der Waals surface area (Å²) < 4.78 is 5.06. The first-order valence-corrected chi connectivity index (χ1v) is 8.88. The number of aliphatic imine (C=N–C) groups is 1. The van der Waals surface area contributed by atoms with Crippen LogP contribution in [0.25, 0.3) is 0 Å². The SMILES string of the molecule is Cc1cc(O)c(C2=NCCS[C@H](c3cc([N+](=O)[O-])ccc3O)C2)c(=O)o1. The zero-order valence-corrected chi connectivity index (χ0v) is 14.7. The molecule has 0 spiro atoms. The van der Waals surface area contributed by atoms with Gasteiger partial charge >= 0.3 is 5.63 Å². The second-order valence-electron chi connectivity index (χ2n) is 5.80. The highest BCUT2D eigenvalue weighted by molar-refractivity contribution is 7.99. The van der Waals surface area contributed by atoms with Gasteiger partial charge in [-0.3, -0.25) is 15.1 Å². The molecule has 26 heavy (non-hydrogen) atoms. The molecule has 1 atom stereocenters. The van der Waals surface area contributed by atoms with Crippen molar-refractivity contribution in [3.05, 3.63) is 61.7 Å². The highest BCUT2D eigenvalue weighted by Gasteiger charge is 2.26. The van der Waals surface area contributed by atoms with E-state index in [1.54, 1.807) is 6.92 Å². The summed E-state index contributed by atoms with van der Waals surface area (Å²) in [6.45, 7) is 1.97. The first kappa shape index (κ1) is 18.0. The number of rotatable bonds is 3. The molecule has 2 aromatic rings. The Morgan fingerprint density at radius 2 is 2.08 bits per heavy atom. The molecule has 0 bridgehead atoms. The third-order valence-corrected chi connectivity index (χ3v) is 5.24. The molecule has 0 unspecified atom stereocenters. The number of phenols is 1. The van der Waals surface area contributed by atoms with Crippen LogP contribution in [0.1, 0.15) is 28.6 Å². The molecule has 1 aromatic heterocycles. The second kappa shape index (κ2) is 7.20. The lowest BCUT2D eigenvalue weighted by atomic mass is 10.0. The first-order valence-electron chi connectivity index (χ1n) is 7.83. The van der Waals surface area contributed by atoms with E-state index in [1.807, 2.05) is 0 Å². The van der Waals surface area contributed by atoms with Crippen molar-refractivity contribution in [2.24, 2.45) is 4.99 Å². The van der Waals surface area contributed by atoms with Crippen LogP contribution in [0.3, 0.4) is 0 Å². The van der Waals surface area contributed by atoms with Crippen molar-refractivity contribution >= 4 is 23.2 Å². The topological polar surface area (TPSA) is 126 Å². The number of benzene rings is 1. The number of nitro benzene ring substituents is 1. The summed E-state index contributed by atoms with van der Waals surface area (Å²) in [6.07, 6.45) is 0.223. The molecule has 9 heteroatoms. The molecule has 2 N–H and O–H groups in total. The van der Waals surface area contributed by atoms with Crippen LogP contribution in [0.2, 0.25) is 0 Å². The lowest BCUT2D eigenvalue weighted by molar-refractivity contribution is -0.384. The predicted molar refractivity (Wildman–Crippen MR) is 97.4 cm³/mol. The number of thioether (sulfide) groups is 1. The van der Waals surface area contributed by atoms with E-state index in [1.165, 1.54) is 36.0 Å². The maximum Gasteiger partial charge on any atom is 0.348 e. The summed E-state index contributed by atoms with van der Waals surface area (Å²) in [7, 11) is 0. The quantitative estimate of drug-likeness (QED) is 0.623. The Morgan fingerprint density at radius 1 is 1.31 bits per heavy atom. The van der Waals surface area contributed by atoms with Gasteiger partial charge < -0.3 is 14.6 Å². The van der Waals surface area contributed by atoms with Crippen LogP contribution in [0.5, 0.6) is 11.5 Å². The number of hydrogen-bond acceptors (Lipinski definition) is 8. The molecule has 0 fully saturated rings. The molecule has 136 valence electrons. The monoisotopic (exact) mass is 376 g/mol. The van der Waals surface area contributed by atoms with Gasteiger partial charge in [-0.1, -0.05) is 0 Å². The highest BCUT2D eigenvalue weighted by Crippen LogP contribution is 2.41. The van der Waals surface area contributed by atoms with Crippen molar-refractivity contribution in [1.82, 2.24) is 0 Å². The molecule has 1 aliphatic rings. The number of hydrogen-bond donors (Lipinski definition) is 2. The Bertz CT molecular complexity index is 953. The van der Waals surface area contributed by atoms with Crippen molar-refractivity contribution in [3.63, 3.8) is 0 Å². The van der Waals surface area contributed by atoms with Crippen molar-refractivity contribution < 1.29 is 19.6 Å². The van der Waals surface area contributed by atoms with Gasteiger partial charge in [0.25, 0.3) is 5.69 Å². The van der Waals surface area contributed by atoms with E-state index in [0.717, 1.165) is 0 Å². The lowest BCUT2D eigenvalue weighted by Crippen LogP contribution is -2.17. The summed E-state index contributed by atoms with van der Waals surface area (Å²) in [5.41, 5.74) is -0.0611. The Morgan fingerprint density at radius 3 is 2.77 bits per heavy atom. The molecular weight excluding hydrogens is 360 g/mol. The Hall–Kier alpha value is -2.81. The summed E-state index contributed by atoms with van der Waals surface area (Å²) in [5, 5.41) is 31.0. The van der Waals surface area contributed by atoms with Crippen LogP contribution in [0.4, 0.5) is 5.69 Å². The summed E-state index contributed by atoms with van der Waals surface area (Å²) in [5.74, 6) is 0.613. The van der Waals surface area contributed by atoms with Crippen molar-refractivity contribution in [3.8, 4) is 11.5 Å². The fraction of sp³-hybridized carbons (Fsp3) is 0.294. The van der Waals surface area contributed by atoms with Crippen LogP contribution < -0.4 is 5.63 Å². The van der Waals surface area contributed by atoms with Gasteiger partial charge in [0.05, 0.1) is 10.6 Å². The molecule has 8 nitrogen and oxygen atoms in total. The number of nitro groups is 1. The average Bonchev–Trinajstić information content (AvgIpc) is 2.80. The highest BCUT2D eigenvalue weighted by atomic mass is 32.2. The van der Waals surface area contributed by atoms with Gasteiger partial charge in [-0.15, -0.1) is 0 Å². The summed E-state index contributed by atoms with van der Waals surface area (Å²) >= 11 is 1.47. The maximum absolute atomic E-state index is 12.2. The minimum absolute atomic E-state index is 0.00646. The van der Waals surface area contributed by atoms with Gasteiger partial charge in [0.2, 0.25) is 0 Å². The average molecular weight is 376 g/mol. The number of aryl methyl sites for hydroxylation is 1. The van der Waals surface area contributed by atoms with E-state index in [9.17, 15) is 25.1 Å². The molecule has 0 amide bonds. The van der Waals surface area contributed by atoms with E-state index in [0.29, 0.717) is 23.6 Å². The molecule has 1 aromatic carbocycles. The number of aromatic hydroxyl groups is 2. The van der Waals surface area contributed by atoms with E-state index in [-0.39, 0.29) is 40.2 Å². The van der Waals surface area contributed by atoms with Gasteiger partial charge in [-0.25, -0.2) is 4.79 Å². The van der Waals surface area contributed by atoms with E-state index >= 15 is 0 Å². The third kappa shape index (κ3) is 3.57. The molecule has 0 saturated heterocycles. The summed E-state index contributed by atoms with van der Waals surface area (Å²) in [6, 6.07) is 5.19. The largest absolute Gasteiger partial charge is 0.508 e. The standard InChI is InChI=1S/C17H16N2O6S/c1-9-6-14(21)16(17(22)25-9)12-8-15(26-5-4-18-12)11-7-10(19(23)24)2-3-13(11)20/h2-3,6-7,15,20-21H,4-5,8H2,1H3/t15-/m0/s1. The normalized spacial score (nSPS) is 17.4. The zero-order chi connectivity index (χ0) is 18.8. The van der Waals surface area contributed by atoms with Gasteiger partial charge in [0.1, 0.15) is 22.8 Å². The van der Waals surface area contributed by atoms with E-state index in [2.05, 4.69) is 4.99 Å². The van der Waals surface area contributed by atoms with Crippen LogP contribution >= 0.6 is 11.8 Å². The molecule has 0 saturated carbocycles. The van der Waals surface area contributed by atoms with Crippen LogP contribution in [-0.4, -0.2) is 33.1 Å². The number of non-ortho nitro benzene ring substituents is 1. The van der Waals surface area contributed by atoms with Gasteiger partial charge in [-0.2, -0.15) is 11.8 Å². The zero-order valence-electron chi connectivity index (χ0n) is 13.8. The lowest BCUT2D eigenvalue weighted by Gasteiger charge is -2.16. The molecule has 3 rings (SSSR count). The van der Waals surface area contributed by atoms with Crippen molar-refractivity contribution in [2.75, 3.05) is 12.3 Å². The van der Waals surface area contributed by atoms with E-state index < -0.39 is 10.5 Å². The first-order chi connectivity index (χ1) is 12.4. The summed E-state index contributed by atoms with van der Waals surface area (Å²) in [4.78, 5) is 27.0. The molecule has 0 radical (unpaired) electrons. The van der Waals surface area contributed by atoms with Crippen LogP contribution in [-0.2, 0) is 0 Å². The Labute approximate surface area is 152 Å². The van der Waals surface area contributed by atoms with Crippen molar-refractivity contribution in [2.45, 2.75) is 18.6 Å².